The Bertz CT molecular complexity index is 737. The van der Waals surface area contributed by atoms with Gasteiger partial charge in [-0.25, -0.2) is 9.78 Å². The number of H-pyrrole nitrogens is 1. The third-order valence-corrected chi connectivity index (χ3v) is 4.12. The number of hydrogen-bond acceptors (Lipinski definition) is 5. The quantitative estimate of drug-likeness (QED) is 0.927. The van der Waals surface area contributed by atoms with E-state index in [1.165, 1.54) is 6.20 Å². The summed E-state index contributed by atoms with van der Waals surface area (Å²) in [6.45, 7) is 3.31. The van der Waals surface area contributed by atoms with Crippen molar-refractivity contribution in [2.24, 2.45) is 0 Å². The largest absolute Gasteiger partial charge is 0.361 e. The fourth-order valence-corrected chi connectivity index (χ4v) is 2.98. The zero-order chi connectivity index (χ0) is 16.2. The minimum Gasteiger partial charge on any atom is -0.361 e. The highest BCUT2D eigenvalue weighted by molar-refractivity contribution is 5.92. The molecule has 1 amide bonds. The van der Waals surface area contributed by atoms with Crippen LogP contribution in [0.5, 0.6) is 0 Å². The average Bonchev–Trinajstić information content (AvgIpc) is 3.03. The number of nitrogens with zero attached hydrogens (tertiary/aromatic N) is 3. The zero-order valence-corrected chi connectivity index (χ0v) is 13.1. The lowest BCUT2D eigenvalue weighted by Crippen LogP contribution is -2.39. The van der Waals surface area contributed by atoms with Crippen LogP contribution in [0, 0.1) is 0 Å². The number of amides is 1. The first kappa shape index (κ1) is 15.5. The van der Waals surface area contributed by atoms with Crippen LogP contribution in [0.4, 0.5) is 0 Å². The SMILES string of the molecule is CCCc1cc(C(=O)N2CCC[C@H](c3ccnc(=O)[nH]3)C2)no1. The van der Waals surface area contributed by atoms with Gasteiger partial charge in [-0.15, -0.1) is 0 Å². The van der Waals surface area contributed by atoms with Crippen LogP contribution in [0.2, 0.25) is 0 Å². The van der Waals surface area contributed by atoms with Gasteiger partial charge in [0.1, 0.15) is 5.76 Å². The highest BCUT2D eigenvalue weighted by Gasteiger charge is 2.27. The van der Waals surface area contributed by atoms with Gasteiger partial charge in [-0.05, 0) is 25.3 Å². The fraction of sp³-hybridized carbons (Fsp3) is 0.500. The first-order valence-corrected chi connectivity index (χ1v) is 7.97. The number of aryl methyl sites for hydroxylation is 1. The second kappa shape index (κ2) is 6.76. The van der Waals surface area contributed by atoms with Gasteiger partial charge >= 0.3 is 5.69 Å². The van der Waals surface area contributed by atoms with Gasteiger partial charge in [-0.3, -0.25) is 4.79 Å². The lowest BCUT2D eigenvalue weighted by molar-refractivity contribution is 0.0695. The maximum absolute atomic E-state index is 12.6. The lowest BCUT2D eigenvalue weighted by Gasteiger charge is -2.32. The highest BCUT2D eigenvalue weighted by atomic mass is 16.5. The van der Waals surface area contributed by atoms with Crippen molar-refractivity contribution in [3.63, 3.8) is 0 Å². The van der Waals surface area contributed by atoms with Gasteiger partial charge in [0.05, 0.1) is 0 Å². The molecule has 0 spiro atoms. The minimum atomic E-state index is -0.355. The molecule has 1 aliphatic rings. The van der Waals surface area contributed by atoms with E-state index in [0.29, 0.717) is 18.8 Å². The number of aromatic amines is 1. The fourth-order valence-electron chi connectivity index (χ4n) is 2.98. The Morgan fingerprint density at radius 1 is 1.52 bits per heavy atom. The van der Waals surface area contributed by atoms with Crippen molar-refractivity contribution in [1.29, 1.82) is 0 Å². The van der Waals surface area contributed by atoms with Crippen molar-refractivity contribution < 1.29 is 9.32 Å². The topological polar surface area (TPSA) is 92.1 Å². The normalized spacial score (nSPS) is 18.1. The van der Waals surface area contributed by atoms with Gasteiger partial charge in [0.25, 0.3) is 5.91 Å². The molecule has 7 nitrogen and oxygen atoms in total. The molecule has 0 aromatic carbocycles. The van der Waals surface area contributed by atoms with Crippen molar-refractivity contribution in [2.75, 3.05) is 13.1 Å². The molecule has 0 unspecified atom stereocenters. The standard InChI is InChI=1S/C16H20N4O3/c1-2-4-12-9-14(19-23-12)15(21)20-8-3-5-11(10-20)13-6-7-17-16(22)18-13/h6-7,9,11H,2-5,8,10H2,1H3,(H,17,18,22)/t11-/m0/s1. The average molecular weight is 316 g/mol. The van der Waals surface area contributed by atoms with Gasteiger partial charge in [0, 0.05) is 43.4 Å². The molecule has 1 aliphatic heterocycles. The van der Waals surface area contributed by atoms with Gasteiger partial charge < -0.3 is 14.4 Å². The van der Waals surface area contributed by atoms with E-state index in [9.17, 15) is 9.59 Å². The third kappa shape index (κ3) is 3.49. The number of hydrogen-bond donors (Lipinski definition) is 1. The van der Waals surface area contributed by atoms with Gasteiger partial charge in [-0.2, -0.15) is 0 Å². The van der Waals surface area contributed by atoms with E-state index in [-0.39, 0.29) is 17.5 Å². The van der Waals surface area contributed by atoms with Crippen LogP contribution < -0.4 is 5.69 Å². The summed E-state index contributed by atoms with van der Waals surface area (Å²) in [6.07, 6.45) is 5.05. The predicted molar refractivity (Wildman–Crippen MR) is 83.2 cm³/mol. The third-order valence-electron chi connectivity index (χ3n) is 4.12. The lowest BCUT2D eigenvalue weighted by atomic mass is 9.94. The summed E-state index contributed by atoms with van der Waals surface area (Å²) in [7, 11) is 0. The predicted octanol–water partition coefficient (Wildman–Crippen LogP) is 1.73. The summed E-state index contributed by atoms with van der Waals surface area (Å²) >= 11 is 0. The number of carbonyl (C=O) groups is 1. The summed E-state index contributed by atoms with van der Waals surface area (Å²) in [5, 5.41) is 3.89. The molecule has 3 heterocycles. The molecule has 2 aromatic heterocycles. The Morgan fingerprint density at radius 3 is 3.17 bits per heavy atom. The van der Waals surface area contributed by atoms with Gasteiger partial charge in [0.15, 0.2) is 5.69 Å². The van der Waals surface area contributed by atoms with Crippen LogP contribution in [0.1, 0.15) is 54.0 Å². The Labute approximate surface area is 133 Å². The second-order valence-corrected chi connectivity index (χ2v) is 5.85. The van der Waals surface area contributed by atoms with E-state index >= 15 is 0 Å². The van der Waals surface area contributed by atoms with Crippen LogP contribution in [0.3, 0.4) is 0 Å². The highest BCUT2D eigenvalue weighted by Crippen LogP contribution is 2.25. The van der Waals surface area contributed by atoms with Crippen molar-refractivity contribution in [1.82, 2.24) is 20.0 Å². The van der Waals surface area contributed by atoms with Crippen LogP contribution in [0.25, 0.3) is 0 Å². The van der Waals surface area contributed by atoms with E-state index in [4.69, 9.17) is 4.52 Å². The molecule has 1 saturated heterocycles. The van der Waals surface area contributed by atoms with Crippen molar-refractivity contribution in [3.05, 3.63) is 46.0 Å². The summed E-state index contributed by atoms with van der Waals surface area (Å²) in [5.41, 5.74) is 0.832. The molecule has 1 fully saturated rings. The molecule has 0 aliphatic carbocycles. The first-order valence-electron chi connectivity index (χ1n) is 7.97. The smallest absolute Gasteiger partial charge is 0.345 e. The number of piperidine rings is 1. The molecule has 7 heteroatoms. The van der Waals surface area contributed by atoms with E-state index in [2.05, 4.69) is 22.0 Å². The summed E-state index contributed by atoms with van der Waals surface area (Å²) < 4.78 is 5.19. The van der Waals surface area contributed by atoms with Crippen LogP contribution in [0.15, 0.2) is 27.6 Å². The zero-order valence-electron chi connectivity index (χ0n) is 13.1. The van der Waals surface area contributed by atoms with Crippen molar-refractivity contribution in [2.45, 2.75) is 38.5 Å². The number of nitrogens with one attached hydrogen (secondary N) is 1. The Morgan fingerprint density at radius 2 is 2.39 bits per heavy atom. The number of rotatable bonds is 4. The molecule has 0 saturated carbocycles. The van der Waals surface area contributed by atoms with Crippen molar-refractivity contribution >= 4 is 5.91 Å². The molecular weight excluding hydrogens is 296 g/mol. The Kier molecular flexibility index (Phi) is 4.55. The summed E-state index contributed by atoms with van der Waals surface area (Å²) in [5.74, 6) is 0.741. The summed E-state index contributed by atoms with van der Waals surface area (Å²) in [4.78, 5) is 32.1. The Balaban J connectivity index is 1.72. The Hall–Kier alpha value is -2.44. The summed E-state index contributed by atoms with van der Waals surface area (Å²) in [6, 6.07) is 3.53. The monoisotopic (exact) mass is 316 g/mol. The molecule has 0 bridgehead atoms. The molecule has 122 valence electrons. The molecular formula is C16H20N4O3. The van der Waals surface area contributed by atoms with Crippen LogP contribution in [-0.4, -0.2) is 39.0 Å². The van der Waals surface area contributed by atoms with E-state index in [1.54, 1.807) is 17.0 Å². The molecule has 2 aromatic rings. The number of likely N-dealkylation sites (tertiary alicyclic amines) is 1. The van der Waals surface area contributed by atoms with E-state index in [0.717, 1.165) is 37.1 Å². The number of aromatic nitrogens is 3. The van der Waals surface area contributed by atoms with Crippen LogP contribution >= 0.6 is 0 Å². The van der Waals surface area contributed by atoms with Gasteiger partial charge in [-0.1, -0.05) is 12.1 Å². The first-order chi connectivity index (χ1) is 11.2. The number of carbonyl (C=O) groups excluding carboxylic acids is 1. The van der Waals surface area contributed by atoms with E-state index in [1.807, 2.05) is 0 Å². The maximum atomic E-state index is 12.6. The maximum Gasteiger partial charge on any atom is 0.345 e. The van der Waals surface area contributed by atoms with Crippen molar-refractivity contribution in [3.8, 4) is 0 Å². The van der Waals surface area contributed by atoms with Crippen LogP contribution in [-0.2, 0) is 6.42 Å². The molecule has 1 N–H and O–H groups in total. The molecule has 1 atom stereocenters. The molecule has 23 heavy (non-hydrogen) atoms. The minimum absolute atomic E-state index is 0.114. The molecule has 3 rings (SSSR count). The molecule has 0 radical (unpaired) electrons. The van der Waals surface area contributed by atoms with Gasteiger partial charge in [0.2, 0.25) is 0 Å². The second-order valence-electron chi connectivity index (χ2n) is 5.85. The van der Waals surface area contributed by atoms with E-state index < -0.39 is 0 Å².